The largest absolute Gasteiger partial charge is 0.481 e. The van der Waals surface area contributed by atoms with Crippen LogP contribution in [0, 0.1) is 15.4 Å². The van der Waals surface area contributed by atoms with Crippen molar-refractivity contribution in [2.45, 2.75) is 26.7 Å². The van der Waals surface area contributed by atoms with Crippen LogP contribution in [0.2, 0.25) is 0 Å². The number of halogens is 1. The van der Waals surface area contributed by atoms with Gasteiger partial charge in [0.15, 0.2) is 0 Å². The first-order chi connectivity index (χ1) is 9.88. The minimum atomic E-state index is -0.899. The summed E-state index contributed by atoms with van der Waals surface area (Å²) >= 11 is 2.19. The molecule has 0 fully saturated rings. The molecule has 2 atom stereocenters. The molecule has 0 aliphatic heterocycles. The number of aliphatic carboxylic acids is 1. The first-order valence-electron chi connectivity index (χ1n) is 6.83. The Kier molecular flexibility index (Phi) is 5.03. The van der Waals surface area contributed by atoms with Gasteiger partial charge in [-0.15, -0.1) is 0 Å². The Morgan fingerprint density at radius 2 is 1.62 bits per heavy atom. The molecular formula is C16H18INO3. The predicted molar refractivity (Wildman–Crippen MR) is 90.0 cm³/mol. The maximum Gasteiger partial charge on any atom is 0.307 e. The van der Waals surface area contributed by atoms with Crippen LogP contribution in [0.5, 0.6) is 0 Å². The number of carboxylic acids is 1. The molecule has 21 heavy (non-hydrogen) atoms. The van der Waals surface area contributed by atoms with Gasteiger partial charge in [0.25, 0.3) is 0 Å². The van der Waals surface area contributed by atoms with Gasteiger partial charge in [-0.2, -0.15) is 0 Å². The number of carbonyl (C=O) groups is 2. The molecule has 5 heteroatoms. The Morgan fingerprint density at radius 1 is 1.10 bits per heavy atom. The molecule has 0 spiro atoms. The molecule has 1 aromatic rings. The van der Waals surface area contributed by atoms with Crippen molar-refractivity contribution in [3.05, 3.63) is 39.0 Å². The monoisotopic (exact) mass is 399 g/mol. The lowest BCUT2D eigenvalue weighted by Gasteiger charge is -2.29. The lowest BCUT2D eigenvalue weighted by Crippen LogP contribution is -2.36. The number of allylic oxidation sites excluding steroid dienone is 2. The van der Waals surface area contributed by atoms with E-state index < -0.39 is 17.8 Å². The van der Waals surface area contributed by atoms with E-state index in [1.54, 1.807) is 0 Å². The van der Waals surface area contributed by atoms with Crippen molar-refractivity contribution >= 4 is 40.2 Å². The summed E-state index contributed by atoms with van der Waals surface area (Å²) in [6, 6.07) is 7.46. The third kappa shape index (κ3) is 3.84. The van der Waals surface area contributed by atoms with Crippen LogP contribution in [-0.4, -0.2) is 17.0 Å². The average molecular weight is 399 g/mol. The number of carbonyl (C=O) groups excluding carboxylic acids is 1. The molecule has 0 saturated carbocycles. The Bertz CT molecular complexity index is 592. The van der Waals surface area contributed by atoms with Crippen molar-refractivity contribution in [2.75, 3.05) is 5.32 Å². The summed E-state index contributed by atoms with van der Waals surface area (Å²) in [5.41, 5.74) is 2.91. The molecule has 0 radical (unpaired) electrons. The van der Waals surface area contributed by atoms with Crippen molar-refractivity contribution in [1.82, 2.24) is 0 Å². The molecule has 2 N–H and O–H groups in total. The van der Waals surface area contributed by atoms with E-state index in [1.165, 1.54) is 0 Å². The van der Waals surface area contributed by atoms with E-state index in [-0.39, 0.29) is 5.91 Å². The molecule has 4 nitrogen and oxygen atoms in total. The molecule has 0 saturated heterocycles. The molecule has 2 rings (SSSR count). The van der Waals surface area contributed by atoms with Crippen molar-refractivity contribution < 1.29 is 14.7 Å². The first-order valence-corrected chi connectivity index (χ1v) is 7.91. The Labute approximate surface area is 137 Å². The van der Waals surface area contributed by atoms with Crippen LogP contribution in [0.25, 0.3) is 0 Å². The van der Waals surface area contributed by atoms with E-state index in [4.69, 9.17) is 0 Å². The van der Waals surface area contributed by atoms with E-state index in [0.717, 1.165) is 14.7 Å². The number of hydrogen-bond donors (Lipinski definition) is 2. The summed E-state index contributed by atoms with van der Waals surface area (Å²) in [4.78, 5) is 23.8. The predicted octanol–water partition coefficient (Wildman–Crippen LogP) is 3.68. The van der Waals surface area contributed by atoms with Crippen LogP contribution in [0.3, 0.4) is 0 Å². The van der Waals surface area contributed by atoms with E-state index in [0.29, 0.717) is 18.5 Å². The van der Waals surface area contributed by atoms with Crippen LogP contribution in [0.4, 0.5) is 5.69 Å². The standard InChI is InChI=1S/C16H18INO3/c1-9-7-13(14(16(20)21)8-10(9)2)15(19)18-12-5-3-11(17)4-6-12/h3-6,13-14H,7-8H2,1-2H3,(H,18,19)(H,20,21)/t13-,14-/m1/s1. The fourth-order valence-corrected chi connectivity index (χ4v) is 2.96. The molecule has 1 amide bonds. The van der Waals surface area contributed by atoms with Crippen molar-refractivity contribution in [3.8, 4) is 0 Å². The summed E-state index contributed by atoms with van der Waals surface area (Å²) < 4.78 is 1.08. The van der Waals surface area contributed by atoms with Gasteiger partial charge in [-0.25, -0.2) is 0 Å². The molecule has 0 aromatic heterocycles. The Morgan fingerprint density at radius 3 is 2.14 bits per heavy atom. The summed E-state index contributed by atoms with van der Waals surface area (Å²) in [7, 11) is 0. The number of nitrogens with one attached hydrogen (secondary N) is 1. The van der Waals surface area contributed by atoms with E-state index in [2.05, 4.69) is 27.9 Å². The van der Waals surface area contributed by atoms with Gasteiger partial charge in [-0.3, -0.25) is 9.59 Å². The van der Waals surface area contributed by atoms with E-state index in [9.17, 15) is 14.7 Å². The van der Waals surface area contributed by atoms with Gasteiger partial charge in [-0.1, -0.05) is 11.1 Å². The highest BCUT2D eigenvalue weighted by Crippen LogP contribution is 2.35. The topological polar surface area (TPSA) is 66.4 Å². The fraction of sp³-hybridized carbons (Fsp3) is 0.375. The zero-order valence-corrected chi connectivity index (χ0v) is 14.2. The summed E-state index contributed by atoms with van der Waals surface area (Å²) in [5, 5.41) is 12.2. The molecule has 1 aliphatic rings. The molecule has 1 aromatic carbocycles. The Balaban J connectivity index is 2.16. The van der Waals surface area contributed by atoms with Gasteiger partial charge >= 0.3 is 5.97 Å². The second kappa shape index (κ2) is 6.60. The summed E-state index contributed by atoms with van der Waals surface area (Å²) in [6.07, 6.45) is 0.963. The summed E-state index contributed by atoms with van der Waals surface area (Å²) in [5.74, 6) is -2.26. The molecule has 0 unspecified atom stereocenters. The second-order valence-corrected chi connectivity index (χ2v) is 6.76. The van der Waals surface area contributed by atoms with Crippen LogP contribution in [0.15, 0.2) is 35.4 Å². The van der Waals surface area contributed by atoms with Gasteiger partial charge in [0.1, 0.15) is 0 Å². The average Bonchev–Trinajstić information content (AvgIpc) is 2.43. The Hall–Kier alpha value is -1.37. The zero-order chi connectivity index (χ0) is 15.6. The van der Waals surface area contributed by atoms with Crippen LogP contribution in [-0.2, 0) is 9.59 Å². The number of carboxylic acid groups (broad SMARTS) is 1. The van der Waals surface area contributed by atoms with Gasteiger partial charge in [0.05, 0.1) is 11.8 Å². The van der Waals surface area contributed by atoms with Gasteiger partial charge in [-0.05, 0) is 73.5 Å². The molecular weight excluding hydrogens is 381 g/mol. The molecule has 0 heterocycles. The molecule has 1 aliphatic carbocycles. The second-order valence-electron chi connectivity index (χ2n) is 5.52. The van der Waals surface area contributed by atoms with Gasteiger partial charge in [0, 0.05) is 9.26 Å². The van der Waals surface area contributed by atoms with Gasteiger partial charge < -0.3 is 10.4 Å². The number of rotatable bonds is 3. The fourth-order valence-electron chi connectivity index (χ4n) is 2.60. The normalized spacial score (nSPS) is 22.0. The minimum Gasteiger partial charge on any atom is -0.481 e. The smallest absolute Gasteiger partial charge is 0.307 e. The van der Waals surface area contributed by atoms with Crippen LogP contribution < -0.4 is 5.32 Å². The van der Waals surface area contributed by atoms with E-state index in [1.807, 2.05) is 38.1 Å². The van der Waals surface area contributed by atoms with Gasteiger partial charge in [0.2, 0.25) is 5.91 Å². The highest BCUT2D eigenvalue weighted by molar-refractivity contribution is 14.1. The summed E-state index contributed by atoms with van der Waals surface area (Å²) in [6.45, 7) is 3.91. The number of amides is 1. The quantitative estimate of drug-likeness (QED) is 0.602. The number of hydrogen-bond acceptors (Lipinski definition) is 2. The minimum absolute atomic E-state index is 0.213. The van der Waals surface area contributed by atoms with Crippen molar-refractivity contribution in [1.29, 1.82) is 0 Å². The first kappa shape index (κ1) is 16.0. The lowest BCUT2D eigenvalue weighted by atomic mass is 9.76. The maximum atomic E-state index is 12.4. The van der Waals surface area contributed by atoms with Crippen molar-refractivity contribution in [3.63, 3.8) is 0 Å². The van der Waals surface area contributed by atoms with Crippen molar-refractivity contribution in [2.24, 2.45) is 11.8 Å². The number of anilines is 1. The van der Waals surface area contributed by atoms with Crippen LogP contribution >= 0.6 is 22.6 Å². The lowest BCUT2D eigenvalue weighted by molar-refractivity contribution is -0.146. The highest BCUT2D eigenvalue weighted by atomic mass is 127. The third-order valence-corrected chi connectivity index (χ3v) is 4.75. The molecule has 112 valence electrons. The SMILES string of the molecule is CC1=C(C)C[C@@H](C(=O)Nc2ccc(I)cc2)[C@H](C(=O)O)C1. The zero-order valence-electron chi connectivity index (χ0n) is 12.0. The molecule has 0 bridgehead atoms. The van der Waals surface area contributed by atoms with E-state index >= 15 is 0 Å². The highest BCUT2D eigenvalue weighted by Gasteiger charge is 2.37. The number of benzene rings is 1. The maximum absolute atomic E-state index is 12.4. The van der Waals surface area contributed by atoms with Crippen LogP contribution in [0.1, 0.15) is 26.7 Å². The third-order valence-electron chi connectivity index (χ3n) is 4.03.